The molecule has 6 heteroatoms. The van der Waals surface area contributed by atoms with Crippen LogP contribution in [-0.2, 0) is 0 Å². The molecule has 17 heavy (non-hydrogen) atoms. The van der Waals surface area contributed by atoms with Crippen LogP contribution in [0.15, 0.2) is 52.9 Å². The molecule has 0 amide bonds. The Labute approximate surface area is 102 Å². The van der Waals surface area contributed by atoms with Crippen LogP contribution in [0.3, 0.4) is 0 Å². The van der Waals surface area contributed by atoms with Crippen molar-refractivity contribution in [3.05, 3.63) is 42.7 Å². The van der Waals surface area contributed by atoms with Crippen molar-refractivity contribution in [1.82, 2.24) is 19.6 Å². The van der Waals surface area contributed by atoms with Gasteiger partial charge in [-0.1, -0.05) is 6.07 Å². The van der Waals surface area contributed by atoms with E-state index in [0.717, 1.165) is 15.8 Å². The highest BCUT2D eigenvalue weighted by molar-refractivity contribution is 7.99. The number of anilines is 1. The topological polar surface area (TPSA) is 69.1 Å². The summed E-state index contributed by atoms with van der Waals surface area (Å²) in [5.74, 6) is 0. The van der Waals surface area contributed by atoms with Gasteiger partial charge < -0.3 is 5.73 Å². The van der Waals surface area contributed by atoms with Gasteiger partial charge in [0.15, 0.2) is 5.65 Å². The Hall–Kier alpha value is -2.08. The van der Waals surface area contributed by atoms with Crippen LogP contribution >= 0.6 is 11.8 Å². The van der Waals surface area contributed by atoms with Crippen molar-refractivity contribution in [2.24, 2.45) is 0 Å². The summed E-state index contributed by atoms with van der Waals surface area (Å²) in [7, 11) is 0. The average molecular weight is 243 g/mol. The first kappa shape index (κ1) is 10.1. The number of nitrogens with zero attached hydrogens (tertiary/aromatic N) is 4. The van der Waals surface area contributed by atoms with Crippen LogP contribution in [0.2, 0.25) is 0 Å². The lowest BCUT2D eigenvalue weighted by atomic mass is 10.4. The Morgan fingerprint density at radius 1 is 1.12 bits per heavy atom. The van der Waals surface area contributed by atoms with Gasteiger partial charge in [0.25, 0.3) is 0 Å². The molecule has 2 N–H and O–H groups in total. The van der Waals surface area contributed by atoms with Crippen LogP contribution in [-0.4, -0.2) is 19.6 Å². The number of nitrogens with two attached hydrogens (primary N) is 1. The highest BCUT2D eigenvalue weighted by atomic mass is 32.2. The van der Waals surface area contributed by atoms with E-state index in [2.05, 4.69) is 15.2 Å². The Kier molecular flexibility index (Phi) is 2.41. The number of hydrogen-bond acceptors (Lipinski definition) is 5. The van der Waals surface area contributed by atoms with Gasteiger partial charge in [0, 0.05) is 6.20 Å². The van der Waals surface area contributed by atoms with Crippen LogP contribution in [0, 0.1) is 0 Å². The first-order valence-electron chi connectivity index (χ1n) is 5.02. The van der Waals surface area contributed by atoms with Crippen molar-refractivity contribution in [2.75, 3.05) is 5.73 Å². The fourth-order valence-corrected chi connectivity index (χ4v) is 2.20. The Bertz CT molecular complexity index is 646. The van der Waals surface area contributed by atoms with E-state index in [1.165, 1.54) is 11.8 Å². The lowest BCUT2D eigenvalue weighted by molar-refractivity contribution is 0.917. The minimum absolute atomic E-state index is 0.653. The van der Waals surface area contributed by atoms with Gasteiger partial charge in [0.1, 0.15) is 5.03 Å². The number of rotatable bonds is 2. The largest absolute Gasteiger partial charge is 0.397 e. The highest BCUT2D eigenvalue weighted by Crippen LogP contribution is 2.24. The normalized spacial score (nSPS) is 10.8. The molecule has 0 aliphatic heterocycles. The van der Waals surface area contributed by atoms with E-state index >= 15 is 0 Å². The van der Waals surface area contributed by atoms with E-state index in [4.69, 9.17) is 5.73 Å². The van der Waals surface area contributed by atoms with Crippen molar-refractivity contribution >= 4 is 23.1 Å². The fraction of sp³-hybridized carbons (Fsp3) is 0. The molecule has 0 aliphatic rings. The predicted octanol–water partition coefficient (Wildman–Crippen LogP) is 1.86. The second-order valence-electron chi connectivity index (χ2n) is 3.44. The molecule has 3 heterocycles. The van der Waals surface area contributed by atoms with E-state index in [1.54, 1.807) is 6.20 Å². The first-order chi connectivity index (χ1) is 8.33. The molecular weight excluding hydrogens is 234 g/mol. The molecule has 0 radical (unpaired) electrons. The first-order valence-corrected chi connectivity index (χ1v) is 5.84. The monoisotopic (exact) mass is 243 g/mol. The van der Waals surface area contributed by atoms with Crippen molar-refractivity contribution in [1.29, 1.82) is 0 Å². The van der Waals surface area contributed by atoms with Crippen LogP contribution in [0.25, 0.3) is 5.65 Å². The number of pyridine rings is 2. The summed E-state index contributed by atoms with van der Waals surface area (Å²) in [5.41, 5.74) is 7.06. The number of fused-ring (bicyclic) bond motifs is 1. The molecule has 0 aliphatic carbocycles. The van der Waals surface area contributed by atoms with Gasteiger partial charge >= 0.3 is 0 Å². The quantitative estimate of drug-likeness (QED) is 0.744. The zero-order chi connectivity index (χ0) is 11.7. The van der Waals surface area contributed by atoms with Gasteiger partial charge in [-0.15, -0.1) is 10.2 Å². The van der Waals surface area contributed by atoms with E-state index in [0.29, 0.717) is 5.69 Å². The molecule has 0 saturated heterocycles. The summed E-state index contributed by atoms with van der Waals surface area (Å²) in [5, 5.41) is 9.82. The minimum Gasteiger partial charge on any atom is -0.397 e. The Morgan fingerprint density at radius 2 is 2.06 bits per heavy atom. The maximum Gasteiger partial charge on any atom is 0.201 e. The Balaban J connectivity index is 1.97. The molecule has 0 fully saturated rings. The molecule has 0 spiro atoms. The molecule has 3 rings (SSSR count). The van der Waals surface area contributed by atoms with Crippen molar-refractivity contribution in [3.63, 3.8) is 0 Å². The van der Waals surface area contributed by atoms with Crippen LogP contribution in [0.4, 0.5) is 5.69 Å². The number of aromatic nitrogens is 4. The van der Waals surface area contributed by atoms with Crippen LogP contribution < -0.4 is 5.73 Å². The van der Waals surface area contributed by atoms with Gasteiger partial charge in [-0.05, 0) is 36.0 Å². The van der Waals surface area contributed by atoms with Gasteiger partial charge in [0.05, 0.1) is 11.9 Å². The van der Waals surface area contributed by atoms with E-state index in [9.17, 15) is 0 Å². The summed E-state index contributed by atoms with van der Waals surface area (Å²) < 4.78 is 1.92. The lowest BCUT2D eigenvalue weighted by Crippen LogP contribution is -1.89. The molecule has 0 atom stereocenters. The minimum atomic E-state index is 0.653. The maximum atomic E-state index is 5.59. The van der Waals surface area contributed by atoms with E-state index in [1.807, 2.05) is 40.9 Å². The molecule has 5 nitrogen and oxygen atoms in total. The average Bonchev–Trinajstić information content (AvgIpc) is 2.76. The van der Waals surface area contributed by atoms with Crippen molar-refractivity contribution < 1.29 is 0 Å². The Morgan fingerprint density at radius 3 is 2.88 bits per heavy atom. The van der Waals surface area contributed by atoms with Crippen molar-refractivity contribution in [3.8, 4) is 0 Å². The summed E-state index contributed by atoms with van der Waals surface area (Å²) in [6, 6.07) is 9.47. The summed E-state index contributed by atoms with van der Waals surface area (Å²) in [4.78, 5) is 4.22. The zero-order valence-corrected chi connectivity index (χ0v) is 9.63. The predicted molar refractivity (Wildman–Crippen MR) is 65.8 cm³/mol. The molecule has 0 unspecified atom stereocenters. The second kappa shape index (κ2) is 4.06. The third kappa shape index (κ3) is 1.94. The zero-order valence-electron chi connectivity index (χ0n) is 8.82. The van der Waals surface area contributed by atoms with Crippen molar-refractivity contribution in [2.45, 2.75) is 10.2 Å². The van der Waals surface area contributed by atoms with E-state index < -0.39 is 0 Å². The van der Waals surface area contributed by atoms with Gasteiger partial charge in [-0.25, -0.2) is 4.98 Å². The molecule has 3 aromatic rings. The summed E-state index contributed by atoms with van der Waals surface area (Å²) in [6.45, 7) is 0. The molecular formula is C11H9N5S. The second-order valence-corrected chi connectivity index (χ2v) is 4.43. The van der Waals surface area contributed by atoms with Gasteiger partial charge in [0.2, 0.25) is 5.16 Å². The molecule has 84 valence electrons. The summed E-state index contributed by atoms with van der Waals surface area (Å²) >= 11 is 1.46. The number of hydrogen-bond donors (Lipinski definition) is 1. The van der Waals surface area contributed by atoms with E-state index in [-0.39, 0.29) is 0 Å². The lowest BCUT2D eigenvalue weighted by Gasteiger charge is -1.99. The van der Waals surface area contributed by atoms with Crippen LogP contribution in [0.5, 0.6) is 0 Å². The highest BCUT2D eigenvalue weighted by Gasteiger charge is 2.06. The van der Waals surface area contributed by atoms with Crippen LogP contribution in [0.1, 0.15) is 0 Å². The standard InChI is InChI=1S/C11H9N5S/c12-8-4-5-10(13-7-8)17-11-15-14-9-3-1-2-6-16(9)11/h1-7H,12H2. The third-order valence-electron chi connectivity index (χ3n) is 2.24. The fourth-order valence-electron chi connectivity index (χ4n) is 1.43. The molecule has 0 bridgehead atoms. The summed E-state index contributed by atoms with van der Waals surface area (Å²) in [6.07, 6.45) is 3.56. The smallest absolute Gasteiger partial charge is 0.201 e. The molecule has 3 aromatic heterocycles. The SMILES string of the molecule is Nc1ccc(Sc2nnc3ccccn23)nc1. The third-order valence-corrected chi connectivity index (χ3v) is 3.15. The van der Waals surface area contributed by atoms with Gasteiger partial charge in [-0.3, -0.25) is 4.40 Å². The molecule has 0 aromatic carbocycles. The van der Waals surface area contributed by atoms with Gasteiger partial charge in [-0.2, -0.15) is 0 Å². The number of nitrogen functional groups attached to an aromatic ring is 1. The maximum absolute atomic E-state index is 5.59. The molecule has 0 saturated carbocycles.